The number of ether oxygens (including phenoxy) is 2. The molecule has 2 fully saturated rings. The number of hydrogen-bond acceptors (Lipinski definition) is 9. The second-order valence-electron chi connectivity index (χ2n) is 17.5. The SMILES string of the molecule is C#CC(NC(=O)C1CC2CN1C(=O)C(C(C)(C)C)NC(=O)OCC(C)(C)CCCCc1cccc3c1CN(C3)C(=O)O2)(C(=O)NS(=O)(=O)C1CC1)C(C)CC. The lowest BCUT2D eigenvalue weighted by molar-refractivity contribution is -0.143. The molecule has 0 aromatic heterocycles. The first-order valence-electron chi connectivity index (χ1n) is 19.4. The van der Waals surface area contributed by atoms with Gasteiger partial charge in [-0.05, 0) is 72.0 Å². The lowest BCUT2D eigenvalue weighted by atomic mass is 9.82. The van der Waals surface area contributed by atoms with Gasteiger partial charge in [0.1, 0.15) is 18.2 Å². The molecule has 5 atom stereocenters. The quantitative estimate of drug-likeness (QED) is 0.343. The summed E-state index contributed by atoms with van der Waals surface area (Å²) in [6.45, 7) is 13.3. The molecular weight excluding hydrogens is 727 g/mol. The zero-order valence-electron chi connectivity index (χ0n) is 33.2. The molecule has 5 amide bonds. The second kappa shape index (κ2) is 16.0. The Morgan fingerprint density at radius 3 is 2.44 bits per heavy atom. The van der Waals surface area contributed by atoms with Gasteiger partial charge in [-0.2, -0.15) is 0 Å². The number of nitrogens with one attached hydrogen (secondary N) is 3. The van der Waals surface area contributed by atoms with Crippen LogP contribution in [0.3, 0.4) is 0 Å². The van der Waals surface area contributed by atoms with Crippen LogP contribution >= 0.6 is 0 Å². The first-order valence-corrected chi connectivity index (χ1v) is 20.9. The van der Waals surface area contributed by atoms with E-state index in [2.05, 4.69) is 27.3 Å². The molecule has 0 radical (unpaired) electrons. The Morgan fingerprint density at radius 1 is 1.11 bits per heavy atom. The van der Waals surface area contributed by atoms with Crippen LogP contribution < -0.4 is 15.4 Å². The molecule has 15 heteroatoms. The maximum absolute atomic E-state index is 14.6. The van der Waals surface area contributed by atoms with Crippen LogP contribution in [0.5, 0.6) is 0 Å². The summed E-state index contributed by atoms with van der Waals surface area (Å²) in [5.41, 5.74) is -0.0333. The summed E-state index contributed by atoms with van der Waals surface area (Å²) >= 11 is 0. The van der Waals surface area contributed by atoms with Crippen LogP contribution in [0.25, 0.3) is 0 Å². The first-order chi connectivity index (χ1) is 25.7. The summed E-state index contributed by atoms with van der Waals surface area (Å²) in [6, 6.07) is 3.57. The first kappa shape index (κ1) is 41.8. The van der Waals surface area contributed by atoms with Crippen LogP contribution in [0, 0.1) is 29.1 Å². The van der Waals surface area contributed by atoms with E-state index in [4.69, 9.17) is 15.9 Å². The van der Waals surface area contributed by atoms with Crippen molar-refractivity contribution in [2.24, 2.45) is 16.7 Å². The fraction of sp³-hybridized carbons (Fsp3) is 0.675. The topological polar surface area (TPSA) is 181 Å². The third-order valence-corrected chi connectivity index (χ3v) is 13.2. The molecule has 1 saturated heterocycles. The number of aryl methyl sites for hydroxylation is 1. The summed E-state index contributed by atoms with van der Waals surface area (Å²) in [4.78, 5) is 72.6. The van der Waals surface area contributed by atoms with Crippen molar-refractivity contribution < 1.29 is 41.9 Å². The van der Waals surface area contributed by atoms with Crippen LogP contribution in [-0.4, -0.2) is 90.3 Å². The molecule has 0 spiro atoms. The fourth-order valence-corrected chi connectivity index (χ4v) is 8.92. The maximum atomic E-state index is 14.6. The third-order valence-electron chi connectivity index (χ3n) is 11.4. The molecule has 55 heavy (non-hydrogen) atoms. The fourth-order valence-electron chi connectivity index (χ4n) is 7.58. The van der Waals surface area contributed by atoms with E-state index in [1.807, 2.05) is 26.0 Å². The third kappa shape index (κ3) is 9.39. The molecule has 5 unspecified atom stereocenters. The minimum Gasteiger partial charge on any atom is -0.449 e. The Balaban J connectivity index is 1.48. The molecule has 5 rings (SSSR count). The number of fused-ring (bicyclic) bond motifs is 3. The van der Waals surface area contributed by atoms with E-state index < -0.39 is 80.2 Å². The van der Waals surface area contributed by atoms with Crippen LogP contribution in [0.1, 0.15) is 110 Å². The van der Waals surface area contributed by atoms with E-state index >= 15 is 0 Å². The molecule has 302 valence electrons. The number of carbonyl (C=O) groups excluding carboxylic acids is 5. The van der Waals surface area contributed by atoms with E-state index in [-0.39, 0.29) is 25.0 Å². The molecule has 1 saturated carbocycles. The van der Waals surface area contributed by atoms with Crippen LogP contribution in [0.15, 0.2) is 18.2 Å². The van der Waals surface area contributed by atoms with Gasteiger partial charge in [0.05, 0.1) is 18.4 Å². The molecular formula is C40H57N5O9S. The molecule has 1 aromatic rings. The molecule has 3 N–H and O–H groups in total. The van der Waals surface area contributed by atoms with E-state index in [0.29, 0.717) is 32.4 Å². The molecule has 3 aliphatic heterocycles. The molecule has 4 aliphatic rings. The number of nitrogens with zero attached hydrogens (tertiary/aromatic N) is 2. The van der Waals surface area contributed by atoms with Crippen molar-refractivity contribution in [1.29, 1.82) is 0 Å². The summed E-state index contributed by atoms with van der Waals surface area (Å²) in [5.74, 6) is -0.888. The van der Waals surface area contributed by atoms with Crippen molar-refractivity contribution in [1.82, 2.24) is 25.2 Å². The van der Waals surface area contributed by atoms with Crippen molar-refractivity contribution in [3.05, 3.63) is 34.9 Å². The van der Waals surface area contributed by atoms with Gasteiger partial charge in [0, 0.05) is 19.5 Å². The number of terminal acetylenes is 1. The Hall–Kier alpha value is -4.32. The van der Waals surface area contributed by atoms with Crippen molar-refractivity contribution in [2.45, 2.75) is 142 Å². The van der Waals surface area contributed by atoms with Crippen LogP contribution in [-0.2, 0) is 53.4 Å². The van der Waals surface area contributed by atoms with Crippen molar-refractivity contribution in [3.63, 3.8) is 0 Å². The predicted octanol–water partition coefficient (Wildman–Crippen LogP) is 4.14. The Kier molecular flexibility index (Phi) is 12.2. The zero-order valence-corrected chi connectivity index (χ0v) is 34.0. The number of alkyl carbamates (subject to hydrolysis) is 1. The lowest BCUT2D eigenvalue weighted by Crippen LogP contribution is -2.65. The summed E-state index contributed by atoms with van der Waals surface area (Å²) < 4.78 is 39.4. The standard InChI is InChI=1S/C40H57N5O9S/c1-9-25(3)40(10-2,35(48)43-55(51,52)29-17-18-29)42-33(46)31-20-28-22-45(31)34(47)32(38(4,5)6)41-36(49)53-24-39(7,8)19-12-11-14-26-15-13-16-27-21-44(23-30(26)27)37(50)54-28/h2,13,15-16,25,28-29,31-32H,9,11-12,14,17-24H2,1,3-8H3,(H,41,49)(H,42,46)(H,43,48). The smallest absolute Gasteiger partial charge is 0.410 e. The van der Waals surface area contributed by atoms with Gasteiger partial charge in [0.15, 0.2) is 5.54 Å². The molecule has 1 aliphatic carbocycles. The number of amides is 5. The van der Waals surface area contributed by atoms with Crippen LogP contribution in [0.4, 0.5) is 9.59 Å². The van der Waals surface area contributed by atoms with Gasteiger partial charge in [-0.3, -0.25) is 19.3 Å². The molecule has 3 heterocycles. The zero-order chi connectivity index (χ0) is 40.5. The van der Waals surface area contributed by atoms with Gasteiger partial charge in [0.25, 0.3) is 5.91 Å². The Bertz CT molecular complexity index is 1830. The van der Waals surface area contributed by atoms with E-state index in [1.165, 1.54) is 4.90 Å². The highest BCUT2D eigenvalue weighted by Gasteiger charge is 2.51. The predicted molar refractivity (Wildman–Crippen MR) is 204 cm³/mol. The highest BCUT2D eigenvalue weighted by molar-refractivity contribution is 7.91. The highest BCUT2D eigenvalue weighted by Crippen LogP contribution is 2.33. The number of benzene rings is 1. The number of sulfonamides is 1. The molecule has 4 bridgehead atoms. The van der Waals surface area contributed by atoms with Crippen molar-refractivity contribution in [2.75, 3.05) is 13.2 Å². The molecule has 1 aromatic carbocycles. The monoisotopic (exact) mass is 783 g/mol. The lowest BCUT2D eigenvalue weighted by Gasteiger charge is -2.37. The van der Waals surface area contributed by atoms with E-state index in [0.717, 1.165) is 42.4 Å². The second-order valence-corrected chi connectivity index (χ2v) is 19.4. The van der Waals surface area contributed by atoms with Crippen LogP contribution in [0.2, 0.25) is 0 Å². The van der Waals surface area contributed by atoms with E-state index in [9.17, 15) is 32.4 Å². The largest absolute Gasteiger partial charge is 0.449 e. The highest BCUT2D eigenvalue weighted by atomic mass is 32.2. The van der Waals surface area contributed by atoms with Gasteiger partial charge >= 0.3 is 12.2 Å². The maximum Gasteiger partial charge on any atom is 0.410 e. The summed E-state index contributed by atoms with van der Waals surface area (Å²) in [7, 11) is -4.03. The van der Waals surface area contributed by atoms with Gasteiger partial charge in [-0.25, -0.2) is 22.7 Å². The minimum absolute atomic E-state index is 0.120. The van der Waals surface area contributed by atoms with Gasteiger partial charge in [-0.15, -0.1) is 6.42 Å². The normalized spacial score (nSPS) is 25.3. The number of carbonyl (C=O) groups is 5. The van der Waals surface area contributed by atoms with Gasteiger partial charge < -0.3 is 25.0 Å². The minimum atomic E-state index is -4.03. The summed E-state index contributed by atoms with van der Waals surface area (Å²) in [5, 5.41) is 4.66. The van der Waals surface area contributed by atoms with Gasteiger partial charge in [0.2, 0.25) is 21.8 Å². The molecule has 14 nitrogen and oxygen atoms in total. The van der Waals surface area contributed by atoms with Gasteiger partial charge in [-0.1, -0.05) is 79.0 Å². The Labute approximate surface area is 325 Å². The van der Waals surface area contributed by atoms with Crippen molar-refractivity contribution in [3.8, 4) is 12.3 Å². The Morgan fingerprint density at radius 2 is 1.80 bits per heavy atom. The number of rotatable bonds is 7. The summed E-state index contributed by atoms with van der Waals surface area (Å²) in [6.07, 6.45) is 8.00. The van der Waals surface area contributed by atoms with Crippen molar-refractivity contribution >= 4 is 39.9 Å². The number of hydrogen-bond donors (Lipinski definition) is 3. The number of cyclic esters (lactones) is 1. The average molecular weight is 784 g/mol. The van der Waals surface area contributed by atoms with E-state index in [1.54, 1.807) is 39.5 Å². The average Bonchev–Trinajstić information content (AvgIpc) is 3.76.